The van der Waals surface area contributed by atoms with Crippen molar-refractivity contribution in [3.63, 3.8) is 0 Å². The molecule has 0 aliphatic rings. The number of nitrogens with zero attached hydrogens (tertiary/aromatic N) is 2. The number of hydrogen-bond acceptors (Lipinski definition) is 5. The van der Waals surface area contributed by atoms with Gasteiger partial charge in [0.2, 0.25) is 5.28 Å². The second-order valence-electron chi connectivity index (χ2n) is 4.92. The Kier molecular flexibility index (Phi) is 4.82. The Bertz CT molecular complexity index is 1000. The number of hydrogen-bond donors (Lipinski definition) is 2. The first-order chi connectivity index (χ1) is 12.0. The summed E-state index contributed by atoms with van der Waals surface area (Å²) in [6, 6.07) is 14.4. The van der Waals surface area contributed by atoms with E-state index in [1.165, 1.54) is 12.1 Å². The molecule has 0 atom stereocenters. The average molecular weight is 379 g/mol. The molecule has 0 bridgehead atoms. The van der Waals surface area contributed by atoms with Gasteiger partial charge in [0.1, 0.15) is 0 Å². The third-order valence-corrected chi connectivity index (χ3v) is 4.76. The molecule has 6 nitrogen and oxygen atoms in total. The molecule has 2 N–H and O–H groups in total. The van der Waals surface area contributed by atoms with E-state index in [0.29, 0.717) is 5.69 Å². The largest absolute Gasteiger partial charge is 0.336 e. The van der Waals surface area contributed by atoms with Crippen molar-refractivity contribution in [2.24, 2.45) is 0 Å². The van der Waals surface area contributed by atoms with Crippen LogP contribution in [-0.2, 0) is 10.0 Å². The Hall–Kier alpha value is -2.71. The molecule has 3 rings (SSSR count). The first-order valence-corrected chi connectivity index (χ1v) is 8.94. The van der Waals surface area contributed by atoms with E-state index < -0.39 is 15.8 Å². The van der Waals surface area contributed by atoms with Crippen LogP contribution in [0.25, 0.3) is 0 Å². The van der Waals surface area contributed by atoms with Gasteiger partial charge in [-0.05, 0) is 35.9 Å². The lowest BCUT2D eigenvalue weighted by Gasteiger charge is -2.14. The van der Waals surface area contributed by atoms with Gasteiger partial charge in [-0.3, -0.25) is 4.72 Å². The van der Waals surface area contributed by atoms with E-state index in [1.54, 1.807) is 42.5 Å². The van der Waals surface area contributed by atoms with E-state index in [1.807, 2.05) is 0 Å². The van der Waals surface area contributed by atoms with Crippen LogP contribution in [0.5, 0.6) is 0 Å². The summed E-state index contributed by atoms with van der Waals surface area (Å²) in [7, 11) is -3.79. The van der Waals surface area contributed by atoms with E-state index >= 15 is 0 Å². The fraction of sp³-hybridized carbons (Fsp3) is 0. The lowest BCUT2D eigenvalue weighted by molar-refractivity contribution is 0.601. The maximum Gasteiger partial charge on any atom is 0.261 e. The van der Waals surface area contributed by atoms with Gasteiger partial charge in [0.05, 0.1) is 22.5 Å². The number of benzene rings is 2. The Morgan fingerprint density at radius 1 is 0.960 bits per heavy atom. The molecule has 0 aliphatic heterocycles. The summed E-state index contributed by atoms with van der Waals surface area (Å²) in [6.07, 6.45) is 0.925. The Morgan fingerprint density at radius 3 is 2.32 bits per heavy atom. The van der Waals surface area contributed by atoms with Gasteiger partial charge < -0.3 is 5.32 Å². The zero-order valence-electron chi connectivity index (χ0n) is 12.6. The van der Waals surface area contributed by atoms with Crippen LogP contribution < -0.4 is 10.0 Å². The van der Waals surface area contributed by atoms with Crippen molar-refractivity contribution >= 4 is 38.8 Å². The normalized spacial score (nSPS) is 11.1. The van der Waals surface area contributed by atoms with E-state index in [0.717, 1.165) is 6.20 Å². The molecule has 128 valence electrons. The Morgan fingerprint density at radius 2 is 1.60 bits per heavy atom. The molecule has 9 heteroatoms. The molecular formula is C16H12ClFN4O2S. The van der Waals surface area contributed by atoms with E-state index in [-0.39, 0.29) is 21.7 Å². The van der Waals surface area contributed by atoms with Crippen LogP contribution in [-0.4, -0.2) is 18.4 Å². The third-order valence-electron chi connectivity index (χ3n) is 3.19. The van der Waals surface area contributed by atoms with E-state index in [2.05, 4.69) is 20.0 Å². The van der Waals surface area contributed by atoms with Crippen molar-refractivity contribution in [1.82, 2.24) is 9.97 Å². The minimum absolute atomic E-state index is 0.112. The maximum absolute atomic E-state index is 13.8. The van der Waals surface area contributed by atoms with Gasteiger partial charge >= 0.3 is 0 Å². The van der Waals surface area contributed by atoms with Crippen LogP contribution >= 0.6 is 11.6 Å². The van der Waals surface area contributed by atoms with Gasteiger partial charge in [-0.2, -0.15) is 4.98 Å². The maximum atomic E-state index is 13.8. The molecule has 0 fully saturated rings. The minimum atomic E-state index is -3.79. The highest BCUT2D eigenvalue weighted by Crippen LogP contribution is 2.28. The number of anilines is 3. The fourth-order valence-corrected chi connectivity index (χ4v) is 3.28. The number of halogens is 2. The van der Waals surface area contributed by atoms with Crippen LogP contribution in [0.15, 0.2) is 65.7 Å². The second kappa shape index (κ2) is 7.04. The first-order valence-electron chi connectivity index (χ1n) is 7.08. The molecule has 0 saturated heterocycles. The highest BCUT2D eigenvalue weighted by Gasteiger charge is 2.16. The number of rotatable bonds is 5. The molecule has 0 radical (unpaired) electrons. The second-order valence-corrected chi connectivity index (χ2v) is 6.95. The van der Waals surface area contributed by atoms with Crippen molar-refractivity contribution < 1.29 is 12.8 Å². The van der Waals surface area contributed by atoms with Gasteiger partial charge in [-0.25, -0.2) is 17.8 Å². The predicted molar refractivity (Wildman–Crippen MR) is 94.0 cm³/mol. The number of aromatic nitrogens is 2. The average Bonchev–Trinajstić information content (AvgIpc) is 2.60. The third kappa shape index (κ3) is 4.04. The molecule has 25 heavy (non-hydrogen) atoms. The van der Waals surface area contributed by atoms with Gasteiger partial charge in [0, 0.05) is 0 Å². The van der Waals surface area contributed by atoms with E-state index in [9.17, 15) is 12.8 Å². The van der Waals surface area contributed by atoms with Crippen LogP contribution in [0.2, 0.25) is 5.28 Å². The molecule has 0 amide bonds. The van der Waals surface area contributed by atoms with E-state index in [4.69, 9.17) is 11.6 Å². The standard InChI is InChI=1S/C16H12ClFN4O2S/c17-16-19-10-12(18)15(21-16)20-13-8-4-5-9-14(13)22-25(23,24)11-6-2-1-3-7-11/h1-10,22H,(H,19,20,21). The summed E-state index contributed by atoms with van der Waals surface area (Å²) in [5, 5.41) is 2.59. The van der Waals surface area contributed by atoms with Crippen molar-refractivity contribution in [2.45, 2.75) is 4.90 Å². The number of sulfonamides is 1. The zero-order chi connectivity index (χ0) is 17.9. The minimum Gasteiger partial charge on any atom is -0.336 e. The zero-order valence-corrected chi connectivity index (χ0v) is 14.2. The summed E-state index contributed by atoms with van der Waals surface area (Å²) in [6.45, 7) is 0. The van der Waals surface area contributed by atoms with Crippen LogP contribution in [0.3, 0.4) is 0 Å². The lowest BCUT2D eigenvalue weighted by Crippen LogP contribution is -2.14. The van der Waals surface area contributed by atoms with Crippen LogP contribution in [0.1, 0.15) is 0 Å². The lowest BCUT2D eigenvalue weighted by atomic mass is 10.2. The topological polar surface area (TPSA) is 84.0 Å². The molecule has 0 spiro atoms. The number of nitrogens with one attached hydrogen (secondary N) is 2. The summed E-state index contributed by atoms with van der Waals surface area (Å²) in [4.78, 5) is 7.40. The number of para-hydroxylation sites is 2. The summed E-state index contributed by atoms with van der Waals surface area (Å²) < 4.78 is 41.2. The van der Waals surface area contributed by atoms with Gasteiger partial charge in [-0.1, -0.05) is 30.3 Å². The van der Waals surface area contributed by atoms with Crippen molar-refractivity contribution in [3.05, 3.63) is 71.9 Å². The quantitative estimate of drug-likeness (QED) is 0.659. The molecule has 2 aromatic carbocycles. The predicted octanol–water partition coefficient (Wildman–Crippen LogP) is 3.81. The Balaban J connectivity index is 1.93. The SMILES string of the molecule is O=S(=O)(Nc1ccccc1Nc1nc(Cl)ncc1F)c1ccccc1. The molecule has 1 heterocycles. The highest BCUT2D eigenvalue weighted by atomic mass is 35.5. The molecule has 3 aromatic rings. The first kappa shape index (κ1) is 17.1. The fourth-order valence-electron chi connectivity index (χ4n) is 2.05. The van der Waals surface area contributed by atoms with Crippen molar-refractivity contribution in [3.8, 4) is 0 Å². The molecule has 0 unspecified atom stereocenters. The van der Waals surface area contributed by atoms with Gasteiger partial charge in [0.15, 0.2) is 11.6 Å². The van der Waals surface area contributed by atoms with Crippen molar-refractivity contribution in [2.75, 3.05) is 10.0 Å². The molecular weight excluding hydrogens is 367 g/mol. The van der Waals surface area contributed by atoms with Gasteiger partial charge in [0.25, 0.3) is 10.0 Å². The van der Waals surface area contributed by atoms with Crippen LogP contribution in [0.4, 0.5) is 21.6 Å². The highest BCUT2D eigenvalue weighted by molar-refractivity contribution is 7.92. The molecule has 0 aliphatic carbocycles. The summed E-state index contributed by atoms with van der Waals surface area (Å²) in [5.41, 5.74) is 0.552. The molecule has 0 saturated carbocycles. The summed E-state index contributed by atoms with van der Waals surface area (Å²) >= 11 is 5.67. The van der Waals surface area contributed by atoms with Crippen LogP contribution in [0, 0.1) is 5.82 Å². The van der Waals surface area contributed by atoms with Crippen molar-refractivity contribution in [1.29, 1.82) is 0 Å². The van der Waals surface area contributed by atoms with Gasteiger partial charge in [-0.15, -0.1) is 0 Å². The summed E-state index contributed by atoms with van der Waals surface area (Å²) in [5.74, 6) is -0.878. The molecule has 1 aromatic heterocycles. The Labute approximate surface area is 148 Å². The smallest absolute Gasteiger partial charge is 0.261 e. The monoisotopic (exact) mass is 378 g/mol.